The van der Waals surface area contributed by atoms with Gasteiger partial charge in [0.2, 0.25) is 0 Å². The molecule has 1 atom stereocenters. The molecule has 0 radical (unpaired) electrons. The summed E-state index contributed by atoms with van der Waals surface area (Å²) >= 11 is 0. The van der Waals surface area contributed by atoms with Crippen molar-refractivity contribution in [3.05, 3.63) is 59.3 Å². The zero-order valence-electron chi connectivity index (χ0n) is 10.0. The minimum Gasteiger partial charge on any atom is -0.469 e. The fraction of sp³-hybridized carbons (Fsp3) is 0.286. The second-order valence-electron chi connectivity index (χ2n) is 4.11. The first-order valence-corrected chi connectivity index (χ1v) is 5.66. The highest BCUT2D eigenvalue weighted by Gasteiger charge is 2.14. The molecule has 0 fully saturated rings. The van der Waals surface area contributed by atoms with Crippen LogP contribution in [0.15, 0.2) is 41.0 Å². The molecule has 2 rings (SSSR count). The van der Waals surface area contributed by atoms with Gasteiger partial charge in [0.15, 0.2) is 0 Å². The number of aryl methyl sites for hydroxylation is 1. The summed E-state index contributed by atoms with van der Waals surface area (Å²) in [7, 11) is 1.90. The Morgan fingerprint density at radius 3 is 2.76 bits per heavy atom. The Morgan fingerprint density at radius 2 is 2.18 bits per heavy atom. The summed E-state index contributed by atoms with van der Waals surface area (Å²) in [5.74, 6) is 0.710. The molecule has 2 nitrogen and oxygen atoms in total. The van der Waals surface area contributed by atoms with Crippen LogP contribution in [0.1, 0.15) is 22.9 Å². The van der Waals surface area contributed by atoms with Gasteiger partial charge in [-0.2, -0.15) is 0 Å². The zero-order valence-corrected chi connectivity index (χ0v) is 10.0. The number of benzene rings is 1. The van der Waals surface area contributed by atoms with Crippen molar-refractivity contribution in [3.8, 4) is 0 Å². The van der Waals surface area contributed by atoms with Crippen molar-refractivity contribution in [2.24, 2.45) is 0 Å². The fourth-order valence-electron chi connectivity index (χ4n) is 2.02. The van der Waals surface area contributed by atoms with E-state index in [1.165, 1.54) is 6.07 Å². The normalized spacial score (nSPS) is 12.6. The van der Waals surface area contributed by atoms with Crippen LogP contribution in [0.3, 0.4) is 0 Å². The Kier molecular flexibility index (Phi) is 3.59. The van der Waals surface area contributed by atoms with Crippen LogP contribution in [0, 0.1) is 12.7 Å². The molecule has 2 aromatic rings. The van der Waals surface area contributed by atoms with Crippen LogP contribution in [0.5, 0.6) is 0 Å². The highest BCUT2D eigenvalue weighted by molar-refractivity contribution is 5.25. The lowest BCUT2D eigenvalue weighted by atomic mass is 9.99. The van der Waals surface area contributed by atoms with E-state index in [-0.39, 0.29) is 11.9 Å². The number of rotatable bonds is 4. The number of hydrogen-bond acceptors (Lipinski definition) is 2. The van der Waals surface area contributed by atoms with Crippen LogP contribution < -0.4 is 5.32 Å². The van der Waals surface area contributed by atoms with E-state index in [0.29, 0.717) is 0 Å². The molecular weight excluding hydrogens is 217 g/mol. The van der Waals surface area contributed by atoms with Crippen LogP contribution in [-0.2, 0) is 6.42 Å². The fourth-order valence-corrected chi connectivity index (χ4v) is 2.02. The Labute approximate surface area is 100 Å². The van der Waals surface area contributed by atoms with E-state index >= 15 is 0 Å². The minimum atomic E-state index is -0.193. The van der Waals surface area contributed by atoms with Gasteiger partial charge < -0.3 is 9.73 Å². The van der Waals surface area contributed by atoms with Crippen molar-refractivity contribution in [1.82, 2.24) is 5.32 Å². The second kappa shape index (κ2) is 5.15. The minimum absolute atomic E-state index is 0.149. The molecule has 1 aromatic carbocycles. The Bertz CT molecular complexity index is 492. The molecule has 0 spiro atoms. The van der Waals surface area contributed by atoms with E-state index < -0.39 is 0 Å². The van der Waals surface area contributed by atoms with Crippen molar-refractivity contribution in [1.29, 1.82) is 0 Å². The molecule has 0 amide bonds. The SMILES string of the molecule is CNC(Cc1cccc(F)c1)c1ccoc1C. The van der Waals surface area contributed by atoms with Crippen LogP contribution in [0.2, 0.25) is 0 Å². The average molecular weight is 233 g/mol. The third kappa shape index (κ3) is 2.74. The first kappa shape index (κ1) is 11.9. The van der Waals surface area contributed by atoms with Gasteiger partial charge in [-0.05, 0) is 44.2 Å². The van der Waals surface area contributed by atoms with Crippen molar-refractivity contribution >= 4 is 0 Å². The summed E-state index contributed by atoms with van der Waals surface area (Å²) in [5.41, 5.74) is 2.10. The molecule has 0 aliphatic rings. The molecule has 1 unspecified atom stereocenters. The number of nitrogens with one attached hydrogen (secondary N) is 1. The highest BCUT2D eigenvalue weighted by Crippen LogP contribution is 2.22. The summed E-state index contributed by atoms with van der Waals surface area (Å²) in [6, 6.07) is 8.80. The summed E-state index contributed by atoms with van der Waals surface area (Å²) in [6.07, 6.45) is 2.43. The number of likely N-dealkylation sites (N-methyl/N-ethyl adjacent to an activating group) is 1. The summed E-state index contributed by atoms with van der Waals surface area (Å²) in [4.78, 5) is 0. The zero-order chi connectivity index (χ0) is 12.3. The van der Waals surface area contributed by atoms with Gasteiger partial charge in [-0.25, -0.2) is 4.39 Å². The maximum absolute atomic E-state index is 13.1. The first-order chi connectivity index (χ1) is 8.20. The molecule has 1 N–H and O–H groups in total. The lowest BCUT2D eigenvalue weighted by molar-refractivity contribution is 0.511. The van der Waals surface area contributed by atoms with Crippen LogP contribution in [0.25, 0.3) is 0 Å². The first-order valence-electron chi connectivity index (χ1n) is 5.66. The summed E-state index contributed by atoms with van der Waals surface area (Å²) in [5, 5.41) is 3.23. The van der Waals surface area contributed by atoms with E-state index in [9.17, 15) is 4.39 Å². The van der Waals surface area contributed by atoms with Crippen molar-refractivity contribution < 1.29 is 8.81 Å². The molecule has 0 saturated heterocycles. The van der Waals surface area contributed by atoms with E-state index in [2.05, 4.69) is 5.32 Å². The predicted molar refractivity (Wildman–Crippen MR) is 65.3 cm³/mol. The maximum Gasteiger partial charge on any atom is 0.123 e. The topological polar surface area (TPSA) is 25.2 Å². The third-order valence-electron chi connectivity index (χ3n) is 2.95. The molecule has 1 aromatic heterocycles. The van der Waals surface area contributed by atoms with Crippen LogP contribution >= 0.6 is 0 Å². The number of hydrogen-bond donors (Lipinski definition) is 1. The average Bonchev–Trinajstić information content (AvgIpc) is 2.72. The summed E-state index contributed by atoms with van der Waals surface area (Å²) < 4.78 is 18.4. The van der Waals surface area contributed by atoms with E-state index in [1.54, 1.807) is 18.4 Å². The molecule has 17 heavy (non-hydrogen) atoms. The van der Waals surface area contributed by atoms with E-state index in [1.807, 2.05) is 26.1 Å². The third-order valence-corrected chi connectivity index (χ3v) is 2.95. The smallest absolute Gasteiger partial charge is 0.123 e. The quantitative estimate of drug-likeness (QED) is 0.877. The molecule has 0 saturated carbocycles. The Hall–Kier alpha value is -1.61. The van der Waals surface area contributed by atoms with Crippen molar-refractivity contribution in [2.75, 3.05) is 7.05 Å². The largest absolute Gasteiger partial charge is 0.469 e. The standard InChI is InChI=1S/C14H16FNO/c1-10-13(6-7-17-10)14(16-2)9-11-4-3-5-12(15)8-11/h3-8,14,16H,9H2,1-2H3. The molecule has 1 heterocycles. The molecule has 3 heteroatoms. The molecule has 0 aliphatic carbocycles. The molecule has 90 valence electrons. The van der Waals surface area contributed by atoms with Crippen LogP contribution in [-0.4, -0.2) is 7.05 Å². The molecule has 0 aliphatic heterocycles. The van der Waals surface area contributed by atoms with Crippen molar-refractivity contribution in [3.63, 3.8) is 0 Å². The lowest BCUT2D eigenvalue weighted by Crippen LogP contribution is -2.19. The van der Waals surface area contributed by atoms with E-state index in [0.717, 1.165) is 23.3 Å². The van der Waals surface area contributed by atoms with Gasteiger partial charge in [-0.1, -0.05) is 12.1 Å². The van der Waals surface area contributed by atoms with Gasteiger partial charge in [-0.15, -0.1) is 0 Å². The van der Waals surface area contributed by atoms with Gasteiger partial charge in [0, 0.05) is 11.6 Å². The lowest BCUT2D eigenvalue weighted by Gasteiger charge is -2.15. The van der Waals surface area contributed by atoms with Crippen LogP contribution in [0.4, 0.5) is 4.39 Å². The predicted octanol–water partition coefficient (Wildman–Crippen LogP) is 3.23. The summed E-state index contributed by atoms with van der Waals surface area (Å²) in [6.45, 7) is 1.94. The Morgan fingerprint density at radius 1 is 1.35 bits per heavy atom. The van der Waals surface area contributed by atoms with Gasteiger partial charge in [0.25, 0.3) is 0 Å². The van der Waals surface area contributed by atoms with Gasteiger partial charge in [0.1, 0.15) is 11.6 Å². The highest BCUT2D eigenvalue weighted by atomic mass is 19.1. The van der Waals surface area contributed by atoms with Gasteiger partial charge in [0.05, 0.1) is 6.26 Å². The monoisotopic (exact) mass is 233 g/mol. The number of halogens is 1. The number of furan rings is 1. The van der Waals surface area contributed by atoms with Crippen molar-refractivity contribution in [2.45, 2.75) is 19.4 Å². The molecular formula is C14H16FNO. The maximum atomic E-state index is 13.1. The second-order valence-corrected chi connectivity index (χ2v) is 4.11. The molecule has 0 bridgehead atoms. The van der Waals surface area contributed by atoms with Gasteiger partial charge >= 0.3 is 0 Å². The van der Waals surface area contributed by atoms with Gasteiger partial charge in [-0.3, -0.25) is 0 Å². The van der Waals surface area contributed by atoms with E-state index in [4.69, 9.17) is 4.42 Å². The Balaban J connectivity index is 2.19.